The number of carbonyl (C=O) groups is 1. The van der Waals surface area contributed by atoms with Crippen molar-refractivity contribution in [3.8, 4) is 0 Å². The molecule has 0 saturated heterocycles. The average Bonchev–Trinajstić information content (AvgIpc) is 2.26. The van der Waals surface area contributed by atoms with Gasteiger partial charge < -0.3 is 5.11 Å². The molecular weight excluding hydrogens is 290 g/mol. The lowest BCUT2D eigenvalue weighted by molar-refractivity contribution is 0.0697. The summed E-state index contributed by atoms with van der Waals surface area (Å²) in [6.45, 7) is 0.417. The average molecular weight is 304 g/mol. The Morgan fingerprint density at radius 2 is 2.11 bits per heavy atom. The smallest absolute Gasteiger partial charge is 0.337 e. The van der Waals surface area contributed by atoms with Crippen LogP contribution in [0.1, 0.15) is 29.6 Å². The fourth-order valence-electron chi connectivity index (χ4n) is 1.84. The summed E-state index contributed by atoms with van der Waals surface area (Å²) >= 11 is 5.76. The summed E-state index contributed by atoms with van der Waals surface area (Å²) in [5.41, 5.74) is -0.111. The number of rotatable bonds is 5. The number of hydrogen-bond acceptors (Lipinski definition) is 3. The van der Waals surface area contributed by atoms with E-state index in [1.807, 2.05) is 0 Å². The van der Waals surface area contributed by atoms with E-state index in [0.29, 0.717) is 12.5 Å². The molecule has 1 aromatic carbocycles. The van der Waals surface area contributed by atoms with Gasteiger partial charge in [0.2, 0.25) is 10.0 Å². The van der Waals surface area contributed by atoms with Crippen LogP contribution in [0, 0.1) is 5.92 Å². The molecule has 0 unspecified atom stereocenters. The lowest BCUT2D eigenvalue weighted by atomic mass is 9.86. The lowest BCUT2D eigenvalue weighted by Crippen LogP contribution is -2.32. The zero-order chi connectivity index (χ0) is 14.0. The van der Waals surface area contributed by atoms with Crippen molar-refractivity contribution in [2.75, 3.05) is 6.54 Å². The molecule has 1 saturated carbocycles. The summed E-state index contributed by atoms with van der Waals surface area (Å²) in [5.74, 6) is -0.778. The molecule has 7 heteroatoms. The first-order valence-electron chi connectivity index (χ1n) is 5.92. The fourth-order valence-corrected chi connectivity index (χ4v) is 3.31. The van der Waals surface area contributed by atoms with Crippen molar-refractivity contribution in [2.24, 2.45) is 5.92 Å². The van der Waals surface area contributed by atoms with E-state index in [2.05, 4.69) is 4.72 Å². The lowest BCUT2D eigenvalue weighted by Gasteiger charge is -2.25. The van der Waals surface area contributed by atoms with Gasteiger partial charge in [-0.2, -0.15) is 0 Å². The number of sulfonamides is 1. The molecule has 2 rings (SSSR count). The molecule has 0 heterocycles. The van der Waals surface area contributed by atoms with Gasteiger partial charge in [-0.25, -0.2) is 17.9 Å². The predicted molar refractivity (Wildman–Crippen MR) is 70.9 cm³/mol. The third kappa shape index (κ3) is 3.26. The highest BCUT2D eigenvalue weighted by Crippen LogP contribution is 2.26. The Kier molecular flexibility index (Phi) is 4.13. The quantitative estimate of drug-likeness (QED) is 0.872. The zero-order valence-electron chi connectivity index (χ0n) is 10.1. The summed E-state index contributed by atoms with van der Waals surface area (Å²) < 4.78 is 26.5. The molecule has 0 atom stereocenters. The van der Waals surface area contributed by atoms with Gasteiger partial charge in [0.05, 0.1) is 15.5 Å². The van der Waals surface area contributed by atoms with E-state index >= 15 is 0 Å². The molecule has 1 fully saturated rings. The number of hydrogen-bond donors (Lipinski definition) is 2. The summed E-state index contributed by atoms with van der Waals surface area (Å²) in [6, 6.07) is 3.61. The number of carboxylic acid groups (broad SMARTS) is 1. The Hall–Kier alpha value is -1.11. The molecule has 1 aromatic rings. The van der Waals surface area contributed by atoms with Gasteiger partial charge in [0.25, 0.3) is 0 Å². The first kappa shape index (κ1) is 14.3. The number of aromatic carboxylic acids is 1. The van der Waals surface area contributed by atoms with E-state index in [1.165, 1.54) is 12.1 Å². The molecule has 5 nitrogen and oxygen atoms in total. The normalized spacial score (nSPS) is 16.1. The van der Waals surface area contributed by atoms with E-state index in [0.717, 1.165) is 25.3 Å². The Balaban J connectivity index is 2.15. The molecule has 2 N–H and O–H groups in total. The molecule has 0 aliphatic heterocycles. The highest BCUT2D eigenvalue weighted by molar-refractivity contribution is 7.89. The molecule has 19 heavy (non-hydrogen) atoms. The van der Waals surface area contributed by atoms with Crippen molar-refractivity contribution in [2.45, 2.75) is 24.2 Å². The highest BCUT2D eigenvalue weighted by atomic mass is 35.5. The van der Waals surface area contributed by atoms with Crippen LogP contribution in [0.5, 0.6) is 0 Å². The molecule has 0 radical (unpaired) electrons. The van der Waals surface area contributed by atoms with Crippen LogP contribution in [0.4, 0.5) is 0 Å². The van der Waals surface area contributed by atoms with Gasteiger partial charge in [-0.15, -0.1) is 0 Å². The minimum Gasteiger partial charge on any atom is -0.478 e. The first-order valence-corrected chi connectivity index (χ1v) is 7.79. The maximum absolute atomic E-state index is 12.0. The second kappa shape index (κ2) is 5.48. The molecule has 1 aliphatic rings. The Labute approximate surface area is 116 Å². The molecule has 0 amide bonds. The molecular formula is C12H14ClNO4S. The molecule has 0 spiro atoms. The molecule has 1 aliphatic carbocycles. The van der Waals surface area contributed by atoms with E-state index in [4.69, 9.17) is 16.7 Å². The molecule has 0 aromatic heterocycles. The second-order valence-corrected chi connectivity index (χ2v) is 6.77. The Morgan fingerprint density at radius 1 is 1.42 bits per heavy atom. The van der Waals surface area contributed by atoms with Gasteiger partial charge in [-0.1, -0.05) is 18.0 Å². The van der Waals surface area contributed by atoms with Crippen LogP contribution < -0.4 is 4.72 Å². The van der Waals surface area contributed by atoms with Gasteiger partial charge >= 0.3 is 5.97 Å². The SMILES string of the molecule is O=C(O)c1ccc(S(=O)(=O)NCC2CCC2)cc1Cl. The van der Waals surface area contributed by atoms with Gasteiger partial charge in [0.1, 0.15) is 0 Å². The van der Waals surface area contributed by atoms with Crippen molar-refractivity contribution >= 4 is 27.6 Å². The third-order valence-corrected chi connectivity index (χ3v) is 5.00. The summed E-state index contributed by atoms with van der Waals surface area (Å²) in [5, 5.41) is 8.74. The highest BCUT2D eigenvalue weighted by Gasteiger charge is 2.22. The number of carboxylic acids is 1. The number of benzene rings is 1. The van der Waals surface area contributed by atoms with Crippen molar-refractivity contribution in [3.05, 3.63) is 28.8 Å². The summed E-state index contributed by atoms with van der Waals surface area (Å²) in [4.78, 5) is 10.8. The van der Waals surface area contributed by atoms with Gasteiger partial charge in [-0.05, 0) is 37.0 Å². The Bertz CT molecular complexity index is 596. The largest absolute Gasteiger partial charge is 0.478 e. The maximum Gasteiger partial charge on any atom is 0.337 e. The van der Waals surface area contributed by atoms with Crippen LogP contribution in [0.25, 0.3) is 0 Å². The number of nitrogens with one attached hydrogen (secondary N) is 1. The summed E-state index contributed by atoms with van der Waals surface area (Å²) in [6.07, 6.45) is 3.23. The predicted octanol–water partition coefficient (Wildman–Crippen LogP) is 2.12. The zero-order valence-corrected chi connectivity index (χ0v) is 11.7. The van der Waals surface area contributed by atoms with Crippen molar-refractivity contribution in [1.29, 1.82) is 0 Å². The van der Waals surface area contributed by atoms with Gasteiger partial charge in [-0.3, -0.25) is 0 Å². The first-order chi connectivity index (χ1) is 8.90. The molecule has 104 valence electrons. The van der Waals surface area contributed by atoms with E-state index < -0.39 is 16.0 Å². The topological polar surface area (TPSA) is 83.5 Å². The van der Waals surface area contributed by atoms with Crippen LogP contribution >= 0.6 is 11.6 Å². The third-order valence-electron chi connectivity index (χ3n) is 3.27. The minimum atomic E-state index is -3.62. The van der Waals surface area contributed by atoms with Gasteiger partial charge in [0.15, 0.2) is 0 Å². The van der Waals surface area contributed by atoms with Crippen molar-refractivity contribution < 1.29 is 18.3 Å². The van der Waals surface area contributed by atoms with Crippen LogP contribution in [0.15, 0.2) is 23.1 Å². The van der Waals surface area contributed by atoms with E-state index in [9.17, 15) is 13.2 Å². The standard InChI is InChI=1S/C12H14ClNO4S/c13-11-6-9(4-5-10(11)12(15)16)19(17,18)14-7-8-2-1-3-8/h4-6,8,14H,1-3,7H2,(H,15,16). The maximum atomic E-state index is 12.0. The monoisotopic (exact) mass is 303 g/mol. The molecule has 0 bridgehead atoms. The van der Waals surface area contributed by atoms with Crippen LogP contribution in [0.3, 0.4) is 0 Å². The Morgan fingerprint density at radius 3 is 2.58 bits per heavy atom. The van der Waals surface area contributed by atoms with Gasteiger partial charge in [0, 0.05) is 6.54 Å². The van der Waals surface area contributed by atoms with Crippen LogP contribution in [-0.2, 0) is 10.0 Å². The fraction of sp³-hybridized carbons (Fsp3) is 0.417. The second-order valence-electron chi connectivity index (χ2n) is 4.60. The van der Waals surface area contributed by atoms with E-state index in [1.54, 1.807) is 0 Å². The van der Waals surface area contributed by atoms with E-state index in [-0.39, 0.29) is 15.5 Å². The van der Waals surface area contributed by atoms with Crippen LogP contribution in [0.2, 0.25) is 5.02 Å². The van der Waals surface area contributed by atoms with Crippen molar-refractivity contribution in [1.82, 2.24) is 4.72 Å². The number of halogens is 1. The van der Waals surface area contributed by atoms with Crippen molar-refractivity contribution in [3.63, 3.8) is 0 Å². The summed E-state index contributed by atoms with van der Waals surface area (Å²) in [7, 11) is -3.62. The van der Waals surface area contributed by atoms with Crippen LogP contribution in [-0.4, -0.2) is 26.0 Å². The minimum absolute atomic E-state index is 0.0122.